The number of carbonyl (C=O) groups excluding carboxylic acids is 3. The van der Waals surface area contributed by atoms with E-state index in [-0.39, 0.29) is 24.4 Å². The fourth-order valence-electron chi connectivity index (χ4n) is 4.49. The van der Waals surface area contributed by atoms with E-state index in [0.717, 1.165) is 41.7 Å². The van der Waals surface area contributed by atoms with E-state index in [9.17, 15) is 14.4 Å². The van der Waals surface area contributed by atoms with E-state index in [4.69, 9.17) is 0 Å². The minimum atomic E-state index is -0.827. The molecule has 2 aromatic rings. The molecule has 156 valence electrons. The highest BCUT2D eigenvalue weighted by Crippen LogP contribution is 2.32. The van der Waals surface area contributed by atoms with Crippen molar-refractivity contribution in [2.45, 2.75) is 50.1 Å². The van der Waals surface area contributed by atoms with E-state index in [1.807, 2.05) is 60.7 Å². The summed E-state index contributed by atoms with van der Waals surface area (Å²) in [6, 6.07) is 18.5. The summed E-state index contributed by atoms with van der Waals surface area (Å²) in [5, 5.41) is 5.90. The Hall–Kier alpha value is -3.15. The molecule has 4 amide bonds. The Morgan fingerprint density at radius 1 is 0.900 bits per heavy atom. The molecule has 2 N–H and O–H groups in total. The quantitative estimate of drug-likeness (QED) is 0.747. The Bertz CT molecular complexity index is 866. The number of benzene rings is 2. The van der Waals surface area contributed by atoms with Crippen LogP contribution in [0.5, 0.6) is 0 Å². The maximum absolute atomic E-state index is 13.1. The third-order valence-electron chi connectivity index (χ3n) is 6.08. The molecule has 0 aromatic heterocycles. The van der Waals surface area contributed by atoms with Gasteiger partial charge < -0.3 is 10.6 Å². The van der Waals surface area contributed by atoms with Gasteiger partial charge in [-0.3, -0.25) is 14.5 Å². The van der Waals surface area contributed by atoms with Gasteiger partial charge in [-0.25, -0.2) is 4.79 Å². The van der Waals surface area contributed by atoms with Crippen molar-refractivity contribution < 1.29 is 14.4 Å². The number of hydrogen-bond acceptors (Lipinski definition) is 3. The van der Waals surface area contributed by atoms with Crippen molar-refractivity contribution in [2.75, 3.05) is 6.54 Å². The fourth-order valence-corrected chi connectivity index (χ4v) is 4.49. The van der Waals surface area contributed by atoms with Crippen LogP contribution in [0.2, 0.25) is 0 Å². The van der Waals surface area contributed by atoms with E-state index in [1.54, 1.807) is 0 Å². The number of urea groups is 1. The second-order valence-corrected chi connectivity index (χ2v) is 8.14. The van der Waals surface area contributed by atoms with Crippen LogP contribution in [0.3, 0.4) is 0 Å². The maximum atomic E-state index is 13.1. The minimum absolute atomic E-state index is 0.263. The summed E-state index contributed by atoms with van der Waals surface area (Å²) in [7, 11) is 0. The van der Waals surface area contributed by atoms with Crippen molar-refractivity contribution in [3.05, 3.63) is 71.8 Å². The fraction of sp³-hybridized carbons (Fsp3) is 0.375. The maximum Gasteiger partial charge on any atom is 0.325 e. The molecule has 6 nitrogen and oxygen atoms in total. The second-order valence-electron chi connectivity index (χ2n) is 8.14. The van der Waals surface area contributed by atoms with Crippen molar-refractivity contribution in [1.29, 1.82) is 0 Å². The van der Waals surface area contributed by atoms with Gasteiger partial charge in [0.15, 0.2) is 0 Å². The lowest BCUT2D eigenvalue weighted by molar-refractivity contribution is -0.135. The molecule has 1 aliphatic carbocycles. The first-order chi connectivity index (χ1) is 14.6. The van der Waals surface area contributed by atoms with Crippen LogP contribution in [0.15, 0.2) is 60.7 Å². The molecule has 1 aliphatic heterocycles. The summed E-state index contributed by atoms with van der Waals surface area (Å²) in [6.07, 6.45) is 5.26. The first-order valence-electron chi connectivity index (χ1n) is 10.6. The van der Waals surface area contributed by atoms with E-state index in [0.29, 0.717) is 12.8 Å². The molecule has 0 radical (unpaired) electrons. The molecule has 4 rings (SSSR count). The summed E-state index contributed by atoms with van der Waals surface area (Å²) < 4.78 is 0. The van der Waals surface area contributed by atoms with Crippen molar-refractivity contribution in [3.8, 4) is 0 Å². The van der Waals surface area contributed by atoms with Crippen molar-refractivity contribution >= 4 is 17.8 Å². The van der Waals surface area contributed by atoms with Gasteiger partial charge in [-0.1, -0.05) is 86.3 Å². The molecule has 0 atom stereocenters. The van der Waals surface area contributed by atoms with Crippen LogP contribution in [-0.2, 0) is 9.59 Å². The van der Waals surface area contributed by atoms with Gasteiger partial charge in [0.05, 0.1) is 6.04 Å². The highest BCUT2D eigenvalue weighted by Gasteiger charge is 2.51. The number of nitrogens with one attached hydrogen (secondary N) is 2. The van der Waals surface area contributed by atoms with Crippen LogP contribution in [0.25, 0.3) is 0 Å². The van der Waals surface area contributed by atoms with Gasteiger partial charge in [0.1, 0.15) is 12.1 Å². The van der Waals surface area contributed by atoms with Crippen LogP contribution in [-0.4, -0.2) is 34.8 Å². The number of amides is 4. The SMILES string of the molecule is O=C(CN1C(=O)NC2(CCCCCC2)C1=O)NC(c1ccccc1)c1ccccc1. The van der Waals surface area contributed by atoms with Crippen LogP contribution >= 0.6 is 0 Å². The zero-order chi connectivity index (χ0) is 21.0. The number of imide groups is 1. The van der Waals surface area contributed by atoms with Crippen LogP contribution in [0, 0.1) is 0 Å². The normalized spacial score (nSPS) is 18.4. The molecule has 30 heavy (non-hydrogen) atoms. The Morgan fingerprint density at radius 2 is 1.43 bits per heavy atom. The third kappa shape index (κ3) is 4.08. The Morgan fingerprint density at radius 3 is 1.97 bits per heavy atom. The summed E-state index contributed by atoms with van der Waals surface area (Å²) in [5.41, 5.74) is 1.05. The van der Waals surface area contributed by atoms with Crippen molar-refractivity contribution in [3.63, 3.8) is 0 Å². The molecule has 2 aliphatic rings. The average molecular weight is 405 g/mol. The highest BCUT2D eigenvalue weighted by molar-refractivity contribution is 6.09. The molecule has 1 spiro atoms. The largest absolute Gasteiger partial charge is 0.344 e. The molecular weight excluding hydrogens is 378 g/mol. The topological polar surface area (TPSA) is 78.5 Å². The van der Waals surface area contributed by atoms with Gasteiger partial charge in [0, 0.05) is 0 Å². The zero-order valence-electron chi connectivity index (χ0n) is 17.0. The highest BCUT2D eigenvalue weighted by atomic mass is 16.2. The Kier molecular flexibility index (Phi) is 5.84. The molecule has 6 heteroatoms. The molecule has 2 aromatic carbocycles. The zero-order valence-corrected chi connectivity index (χ0v) is 17.0. The monoisotopic (exact) mass is 405 g/mol. The van der Waals surface area contributed by atoms with Crippen molar-refractivity contribution in [2.24, 2.45) is 0 Å². The Labute approximate surface area is 176 Å². The van der Waals surface area contributed by atoms with E-state index >= 15 is 0 Å². The lowest BCUT2D eigenvalue weighted by atomic mass is 9.90. The first kappa shape index (κ1) is 20.1. The standard InChI is InChI=1S/C24H27N3O3/c28-20(17-27-22(29)24(26-23(27)30)15-9-1-2-10-16-24)25-21(18-11-5-3-6-12-18)19-13-7-4-8-14-19/h3-8,11-14,21H,1-2,9-10,15-17H2,(H,25,28)(H,26,30). The summed E-state index contributed by atoms with van der Waals surface area (Å²) >= 11 is 0. The summed E-state index contributed by atoms with van der Waals surface area (Å²) in [4.78, 5) is 39.6. The van der Waals surface area contributed by atoms with E-state index < -0.39 is 11.6 Å². The number of rotatable bonds is 5. The van der Waals surface area contributed by atoms with Crippen LogP contribution in [0.4, 0.5) is 4.79 Å². The third-order valence-corrected chi connectivity index (χ3v) is 6.08. The molecular formula is C24H27N3O3. The van der Waals surface area contributed by atoms with Gasteiger partial charge in [-0.15, -0.1) is 0 Å². The number of carbonyl (C=O) groups is 3. The lowest BCUT2D eigenvalue weighted by Crippen LogP contribution is -2.47. The predicted molar refractivity (Wildman–Crippen MR) is 114 cm³/mol. The molecule has 1 saturated heterocycles. The molecule has 0 bridgehead atoms. The lowest BCUT2D eigenvalue weighted by Gasteiger charge is -2.25. The smallest absolute Gasteiger partial charge is 0.325 e. The second kappa shape index (κ2) is 8.69. The molecule has 0 unspecified atom stereocenters. The number of nitrogens with zero attached hydrogens (tertiary/aromatic N) is 1. The van der Waals surface area contributed by atoms with E-state index in [1.165, 1.54) is 0 Å². The average Bonchev–Trinajstić information content (AvgIpc) is 2.93. The van der Waals surface area contributed by atoms with Crippen LogP contribution < -0.4 is 10.6 Å². The summed E-state index contributed by atoms with van der Waals surface area (Å²) in [6.45, 7) is -0.275. The Balaban J connectivity index is 1.50. The van der Waals surface area contributed by atoms with Crippen LogP contribution in [0.1, 0.15) is 55.7 Å². The number of hydrogen-bond donors (Lipinski definition) is 2. The predicted octanol–water partition coefficient (Wildman–Crippen LogP) is 3.54. The molecule has 1 saturated carbocycles. The first-order valence-corrected chi connectivity index (χ1v) is 10.6. The van der Waals surface area contributed by atoms with Gasteiger partial charge in [-0.2, -0.15) is 0 Å². The molecule has 1 heterocycles. The molecule has 2 fully saturated rings. The van der Waals surface area contributed by atoms with E-state index in [2.05, 4.69) is 10.6 Å². The van der Waals surface area contributed by atoms with Gasteiger partial charge in [0.2, 0.25) is 5.91 Å². The minimum Gasteiger partial charge on any atom is -0.344 e. The van der Waals surface area contributed by atoms with Crippen molar-refractivity contribution in [1.82, 2.24) is 15.5 Å². The van der Waals surface area contributed by atoms with Gasteiger partial charge in [-0.05, 0) is 24.0 Å². The van der Waals surface area contributed by atoms with Gasteiger partial charge >= 0.3 is 6.03 Å². The van der Waals surface area contributed by atoms with Gasteiger partial charge in [0.25, 0.3) is 5.91 Å². The summed E-state index contributed by atoms with van der Waals surface area (Å²) in [5.74, 6) is -0.623.